The molecule has 2 rings (SSSR count). The van der Waals surface area contributed by atoms with Gasteiger partial charge in [0.2, 0.25) is 0 Å². The number of hydrogen-bond acceptors (Lipinski definition) is 3. The van der Waals surface area contributed by atoms with E-state index in [2.05, 4.69) is 4.98 Å². The third-order valence-electron chi connectivity index (χ3n) is 2.75. The van der Waals surface area contributed by atoms with E-state index in [1.54, 1.807) is 49.5 Å². The van der Waals surface area contributed by atoms with Crippen LogP contribution in [0.2, 0.25) is 5.02 Å². The smallest absolute Gasteiger partial charge is 0.129 e. The molecule has 3 N–H and O–H groups in total. The van der Waals surface area contributed by atoms with E-state index in [1.165, 1.54) is 0 Å². The molecule has 2 aromatic rings. The lowest BCUT2D eigenvalue weighted by Gasteiger charge is -2.25. The molecule has 1 aromatic carbocycles. The molecule has 4 heteroatoms. The summed E-state index contributed by atoms with van der Waals surface area (Å²) in [5.41, 5.74) is 5.83. The van der Waals surface area contributed by atoms with Crippen LogP contribution in [0.1, 0.15) is 18.1 Å². The quantitative estimate of drug-likeness (QED) is 0.859. The summed E-state index contributed by atoms with van der Waals surface area (Å²) in [7, 11) is 0. The summed E-state index contributed by atoms with van der Waals surface area (Å²) in [5, 5.41) is 11.2. The Hall–Kier alpha value is -1.58. The fourth-order valence-electron chi connectivity index (χ4n) is 1.78. The monoisotopic (exact) mass is 248 g/mol. The van der Waals surface area contributed by atoms with Crippen molar-refractivity contribution in [2.45, 2.75) is 12.5 Å². The first-order valence-electron chi connectivity index (χ1n) is 5.21. The van der Waals surface area contributed by atoms with E-state index in [1.807, 2.05) is 0 Å². The lowest BCUT2D eigenvalue weighted by atomic mass is 9.88. The summed E-state index contributed by atoms with van der Waals surface area (Å²) in [5.74, 6) is 0.317. The van der Waals surface area contributed by atoms with Gasteiger partial charge in [0.1, 0.15) is 11.4 Å². The van der Waals surface area contributed by atoms with Crippen LogP contribution in [0.25, 0.3) is 0 Å². The van der Waals surface area contributed by atoms with Gasteiger partial charge in [-0.25, -0.2) is 4.98 Å². The first-order chi connectivity index (χ1) is 8.01. The average Bonchev–Trinajstić information content (AvgIpc) is 2.29. The summed E-state index contributed by atoms with van der Waals surface area (Å²) in [6.07, 6.45) is 1.59. The van der Waals surface area contributed by atoms with Gasteiger partial charge in [-0.05, 0) is 30.7 Å². The number of hydrogen-bond donors (Lipinski definition) is 2. The standard InChI is InChI=1S/C13H13ClN2O/c1-13(17,9-4-2-5-10(14)8-9)11-6-3-7-16-12(11)15/h2-8,17H,1H3,(H2,15,16). The van der Waals surface area contributed by atoms with Gasteiger partial charge in [-0.2, -0.15) is 0 Å². The summed E-state index contributed by atoms with van der Waals surface area (Å²) < 4.78 is 0. The van der Waals surface area contributed by atoms with Crippen molar-refractivity contribution in [3.05, 3.63) is 58.7 Å². The molecule has 0 saturated heterocycles. The van der Waals surface area contributed by atoms with Crippen molar-refractivity contribution < 1.29 is 5.11 Å². The summed E-state index contributed by atoms with van der Waals surface area (Å²) >= 11 is 5.92. The van der Waals surface area contributed by atoms with Gasteiger partial charge in [0.05, 0.1) is 0 Å². The Morgan fingerprint density at radius 3 is 2.71 bits per heavy atom. The SMILES string of the molecule is CC(O)(c1cccc(Cl)c1)c1cccnc1N. The van der Waals surface area contributed by atoms with E-state index in [0.29, 0.717) is 22.0 Å². The topological polar surface area (TPSA) is 59.1 Å². The Kier molecular flexibility index (Phi) is 3.05. The first-order valence-corrected chi connectivity index (χ1v) is 5.59. The normalized spacial score (nSPS) is 14.3. The molecular formula is C13H13ClN2O. The van der Waals surface area contributed by atoms with Crippen LogP contribution in [-0.4, -0.2) is 10.1 Å². The number of halogens is 1. The van der Waals surface area contributed by atoms with Gasteiger partial charge in [-0.15, -0.1) is 0 Å². The predicted molar refractivity (Wildman–Crippen MR) is 68.8 cm³/mol. The highest BCUT2D eigenvalue weighted by molar-refractivity contribution is 6.30. The number of pyridine rings is 1. The van der Waals surface area contributed by atoms with Crippen molar-refractivity contribution in [2.24, 2.45) is 0 Å². The Bertz CT molecular complexity index is 540. The molecule has 17 heavy (non-hydrogen) atoms. The van der Waals surface area contributed by atoms with Crippen molar-refractivity contribution >= 4 is 17.4 Å². The summed E-state index contributed by atoms with van der Waals surface area (Å²) in [6.45, 7) is 1.67. The van der Waals surface area contributed by atoms with Gasteiger partial charge in [0.15, 0.2) is 0 Å². The van der Waals surface area contributed by atoms with Crippen LogP contribution in [-0.2, 0) is 5.60 Å². The molecule has 0 fully saturated rings. The maximum Gasteiger partial charge on any atom is 0.129 e. The van der Waals surface area contributed by atoms with E-state index in [4.69, 9.17) is 17.3 Å². The van der Waals surface area contributed by atoms with Crippen molar-refractivity contribution in [1.82, 2.24) is 4.98 Å². The molecule has 0 spiro atoms. The van der Waals surface area contributed by atoms with E-state index in [-0.39, 0.29) is 0 Å². The fraction of sp³-hybridized carbons (Fsp3) is 0.154. The number of nitrogens with two attached hydrogens (primary N) is 1. The van der Waals surface area contributed by atoms with Crippen LogP contribution in [0.15, 0.2) is 42.6 Å². The van der Waals surface area contributed by atoms with Crippen molar-refractivity contribution in [1.29, 1.82) is 0 Å². The molecule has 0 saturated carbocycles. The molecule has 0 aliphatic rings. The van der Waals surface area contributed by atoms with Gasteiger partial charge in [0.25, 0.3) is 0 Å². The second-order valence-electron chi connectivity index (χ2n) is 4.02. The third kappa shape index (κ3) is 2.25. The summed E-state index contributed by atoms with van der Waals surface area (Å²) in [4.78, 5) is 3.98. The highest BCUT2D eigenvalue weighted by Gasteiger charge is 2.28. The molecule has 0 bridgehead atoms. The Morgan fingerprint density at radius 2 is 2.06 bits per heavy atom. The minimum atomic E-state index is -1.21. The molecule has 88 valence electrons. The van der Waals surface area contributed by atoms with E-state index in [0.717, 1.165) is 0 Å². The molecule has 0 aliphatic heterocycles. The number of rotatable bonds is 2. The first kappa shape index (κ1) is 11.9. The van der Waals surface area contributed by atoms with Gasteiger partial charge in [-0.3, -0.25) is 0 Å². The molecule has 1 aromatic heterocycles. The Labute approximate surface area is 105 Å². The number of nitrogens with zero attached hydrogens (tertiary/aromatic N) is 1. The molecule has 3 nitrogen and oxygen atoms in total. The van der Waals surface area contributed by atoms with Crippen molar-refractivity contribution in [2.75, 3.05) is 5.73 Å². The van der Waals surface area contributed by atoms with E-state index >= 15 is 0 Å². The molecule has 1 unspecified atom stereocenters. The van der Waals surface area contributed by atoms with Crippen LogP contribution in [0.5, 0.6) is 0 Å². The number of aliphatic hydroxyl groups is 1. The Morgan fingerprint density at radius 1 is 1.29 bits per heavy atom. The number of nitrogen functional groups attached to an aromatic ring is 1. The highest BCUT2D eigenvalue weighted by Crippen LogP contribution is 2.32. The lowest BCUT2D eigenvalue weighted by molar-refractivity contribution is 0.103. The van der Waals surface area contributed by atoms with Crippen LogP contribution < -0.4 is 5.73 Å². The van der Waals surface area contributed by atoms with Crippen molar-refractivity contribution in [3.8, 4) is 0 Å². The van der Waals surface area contributed by atoms with Gasteiger partial charge in [0, 0.05) is 16.8 Å². The van der Waals surface area contributed by atoms with E-state index in [9.17, 15) is 5.11 Å². The van der Waals surface area contributed by atoms with Crippen LogP contribution >= 0.6 is 11.6 Å². The molecule has 1 heterocycles. The van der Waals surface area contributed by atoms with Crippen LogP contribution in [0, 0.1) is 0 Å². The fourth-order valence-corrected chi connectivity index (χ4v) is 1.97. The zero-order chi connectivity index (χ0) is 12.5. The second-order valence-corrected chi connectivity index (χ2v) is 4.46. The van der Waals surface area contributed by atoms with Crippen LogP contribution in [0.3, 0.4) is 0 Å². The zero-order valence-electron chi connectivity index (χ0n) is 9.39. The number of benzene rings is 1. The van der Waals surface area contributed by atoms with Gasteiger partial charge in [-0.1, -0.05) is 29.8 Å². The zero-order valence-corrected chi connectivity index (χ0v) is 10.1. The number of aromatic nitrogens is 1. The van der Waals surface area contributed by atoms with Crippen LogP contribution in [0.4, 0.5) is 5.82 Å². The minimum Gasteiger partial charge on any atom is -0.383 e. The maximum atomic E-state index is 10.6. The maximum absolute atomic E-state index is 10.6. The van der Waals surface area contributed by atoms with Gasteiger partial charge < -0.3 is 10.8 Å². The molecule has 0 amide bonds. The number of anilines is 1. The predicted octanol–water partition coefficient (Wildman–Crippen LogP) is 2.57. The molecule has 0 radical (unpaired) electrons. The second kappa shape index (κ2) is 4.35. The Balaban J connectivity index is 2.53. The molecular weight excluding hydrogens is 236 g/mol. The van der Waals surface area contributed by atoms with E-state index < -0.39 is 5.60 Å². The third-order valence-corrected chi connectivity index (χ3v) is 2.98. The average molecular weight is 249 g/mol. The minimum absolute atomic E-state index is 0.317. The molecule has 0 aliphatic carbocycles. The summed E-state index contributed by atoms with van der Waals surface area (Å²) in [6, 6.07) is 10.6. The van der Waals surface area contributed by atoms with Crippen molar-refractivity contribution in [3.63, 3.8) is 0 Å². The lowest BCUT2D eigenvalue weighted by Crippen LogP contribution is -2.24. The van der Waals surface area contributed by atoms with Gasteiger partial charge >= 0.3 is 0 Å². The largest absolute Gasteiger partial charge is 0.383 e. The molecule has 1 atom stereocenters. The highest BCUT2D eigenvalue weighted by atomic mass is 35.5.